The van der Waals surface area contributed by atoms with Crippen LogP contribution in [-0.2, 0) is 32.2 Å². The van der Waals surface area contributed by atoms with Gasteiger partial charge in [-0.2, -0.15) is 0 Å². The quantitative estimate of drug-likeness (QED) is 0.488. The van der Waals surface area contributed by atoms with Crippen LogP contribution >= 0.6 is 0 Å². The van der Waals surface area contributed by atoms with Crippen LogP contribution in [-0.4, -0.2) is 60.6 Å². The van der Waals surface area contributed by atoms with E-state index in [1.165, 1.54) is 4.90 Å². The van der Waals surface area contributed by atoms with E-state index in [9.17, 15) is 9.59 Å². The summed E-state index contributed by atoms with van der Waals surface area (Å²) in [4.78, 5) is 28.9. The Morgan fingerprint density at radius 3 is 2.65 bits per heavy atom. The number of carbonyl (C=O) groups is 2. The Bertz CT molecular complexity index is 816. The molecule has 2 amide bonds. The Morgan fingerprint density at radius 2 is 1.97 bits per heavy atom. The van der Waals surface area contributed by atoms with Crippen molar-refractivity contribution in [2.24, 2.45) is 0 Å². The van der Waals surface area contributed by atoms with Crippen LogP contribution in [0.1, 0.15) is 24.2 Å². The molecule has 3 rings (SSSR count). The van der Waals surface area contributed by atoms with Gasteiger partial charge in [-0.3, -0.25) is 9.59 Å². The van der Waals surface area contributed by atoms with Crippen molar-refractivity contribution in [1.82, 2.24) is 9.80 Å². The average Bonchev–Trinajstić information content (AvgIpc) is 3.48. The zero-order valence-electron chi connectivity index (χ0n) is 17.8. The smallest absolute Gasteiger partial charge is 0.249 e. The van der Waals surface area contributed by atoms with Crippen LogP contribution in [0.15, 0.2) is 65.8 Å². The first kappa shape index (κ1) is 22.8. The van der Waals surface area contributed by atoms with Gasteiger partial charge in [0.2, 0.25) is 11.8 Å². The molecule has 1 aliphatic rings. The Morgan fingerprint density at radius 1 is 1.13 bits per heavy atom. The fraction of sp³-hybridized carbons (Fsp3) is 0.417. The number of rotatable bonds is 12. The van der Waals surface area contributed by atoms with Crippen LogP contribution in [0.5, 0.6) is 0 Å². The second kappa shape index (κ2) is 12.1. The highest BCUT2D eigenvalue weighted by Gasteiger charge is 2.26. The normalized spacial score (nSPS) is 15.5. The number of nitrogens with zero attached hydrogens (tertiary/aromatic N) is 2. The van der Waals surface area contributed by atoms with Crippen molar-refractivity contribution in [2.45, 2.75) is 32.1 Å². The van der Waals surface area contributed by atoms with Gasteiger partial charge in [-0.25, -0.2) is 0 Å². The monoisotopic (exact) mass is 426 g/mol. The molecule has 0 saturated carbocycles. The van der Waals surface area contributed by atoms with E-state index in [0.29, 0.717) is 32.1 Å². The van der Waals surface area contributed by atoms with Gasteiger partial charge in [0.25, 0.3) is 0 Å². The van der Waals surface area contributed by atoms with Gasteiger partial charge >= 0.3 is 0 Å². The van der Waals surface area contributed by atoms with Crippen molar-refractivity contribution >= 4 is 11.8 Å². The van der Waals surface area contributed by atoms with E-state index in [2.05, 4.69) is 6.58 Å². The molecule has 0 aliphatic carbocycles. The lowest BCUT2D eigenvalue weighted by molar-refractivity contribution is -0.144. The molecule has 1 aromatic carbocycles. The summed E-state index contributed by atoms with van der Waals surface area (Å²) in [5.41, 5.74) is 0.989. The lowest BCUT2D eigenvalue weighted by atomic mass is 10.2. The molecule has 0 N–H and O–H groups in total. The van der Waals surface area contributed by atoms with Gasteiger partial charge in [0, 0.05) is 19.7 Å². The zero-order chi connectivity index (χ0) is 21.9. The van der Waals surface area contributed by atoms with Crippen LogP contribution in [0.4, 0.5) is 0 Å². The minimum atomic E-state index is -0.251. The molecule has 0 spiro atoms. The minimum Gasteiger partial charge on any atom is -0.467 e. The topological polar surface area (TPSA) is 72.2 Å². The number of hydrogen-bond donors (Lipinski definition) is 0. The van der Waals surface area contributed by atoms with Crippen molar-refractivity contribution in [1.29, 1.82) is 0 Å². The van der Waals surface area contributed by atoms with E-state index >= 15 is 0 Å². The fourth-order valence-electron chi connectivity index (χ4n) is 3.47. The SMILES string of the molecule is C=CCN(CC(=O)N(Cc1ccco1)C[C@H]1CCCO1)C(=O)COCc1ccccc1. The lowest BCUT2D eigenvalue weighted by Gasteiger charge is -2.28. The fourth-order valence-corrected chi connectivity index (χ4v) is 3.47. The van der Waals surface area contributed by atoms with Crippen molar-refractivity contribution in [3.63, 3.8) is 0 Å². The van der Waals surface area contributed by atoms with Crippen molar-refractivity contribution in [3.8, 4) is 0 Å². The predicted octanol–water partition coefficient (Wildman–Crippen LogP) is 3.02. The average molecular weight is 427 g/mol. The van der Waals surface area contributed by atoms with E-state index in [1.807, 2.05) is 36.4 Å². The minimum absolute atomic E-state index is 0.0108. The first-order valence-corrected chi connectivity index (χ1v) is 10.6. The number of benzene rings is 1. The van der Waals surface area contributed by atoms with Gasteiger partial charge in [-0.05, 0) is 30.5 Å². The number of carbonyl (C=O) groups excluding carboxylic acids is 2. The summed E-state index contributed by atoms with van der Waals surface area (Å²) < 4.78 is 16.7. The molecule has 1 saturated heterocycles. The summed E-state index contributed by atoms with van der Waals surface area (Å²) in [7, 11) is 0. The third-order valence-electron chi connectivity index (χ3n) is 5.09. The molecule has 0 bridgehead atoms. The van der Waals surface area contributed by atoms with Crippen LogP contribution < -0.4 is 0 Å². The van der Waals surface area contributed by atoms with Crippen LogP contribution in [0.2, 0.25) is 0 Å². The first-order valence-electron chi connectivity index (χ1n) is 10.6. The van der Waals surface area contributed by atoms with Crippen molar-refractivity contribution < 1.29 is 23.5 Å². The standard InChI is InChI=1S/C24H30N2O5/c1-2-12-25(24(28)19-29-18-20-8-4-3-5-9-20)17-23(27)26(15-21-10-6-13-30-21)16-22-11-7-14-31-22/h2-6,8-10,13,22H,1,7,11-12,14-19H2/t22-/m1/s1. The molecule has 0 unspecified atom stereocenters. The first-order chi connectivity index (χ1) is 15.2. The summed E-state index contributed by atoms with van der Waals surface area (Å²) in [6, 6.07) is 13.3. The second-order valence-electron chi connectivity index (χ2n) is 7.53. The Kier molecular flexibility index (Phi) is 8.87. The molecule has 1 atom stereocenters. The van der Waals surface area contributed by atoms with Crippen LogP contribution in [0.3, 0.4) is 0 Å². The van der Waals surface area contributed by atoms with Gasteiger partial charge in [0.1, 0.15) is 18.9 Å². The van der Waals surface area contributed by atoms with Gasteiger partial charge in [0.15, 0.2) is 0 Å². The van der Waals surface area contributed by atoms with Gasteiger partial charge < -0.3 is 23.7 Å². The highest BCUT2D eigenvalue weighted by atomic mass is 16.5. The van der Waals surface area contributed by atoms with E-state index < -0.39 is 0 Å². The Labute approximate surface area is 183 Å². The summed E-state index contributed by atoms with van der Waals surface area (Å²) >= 11 is 0. The second-order valence-corrected chi connectivity index (χ2v) is 7.53. The molecule has 7 nitrogen and oxygen atoms in total. The summed E-state index contributed by atoms with van der Waals surface area (Å²) in [6.45, 7) is 5.70. The number of furan rings is 1. The van der Waals surface area contributed by atoms with Crippen molar-refractivity contribution in [3.05, 3.63) is 72.7 Å². The molecule has 1 aliphatic heterocycles. The lowest BCUT2D eigenvalue weighted by Crippen LogP contribution is -2.45. The summed E-state index contributed by atoms with van der Waals surface area (Å²) in [5.74, 6) is 0.281. The predicted molar refractivity (Wildman–Crippen MR) is 116 cm³/mol. The molecule has 31 heavy (non-hydrogen) atoms. The maximum absolute atomic E-state index is 13.1. The molecular weight excluding hydrogens is 396 g/mol. The Balaban J connectivity index is 1.57. The highest BCUT2D eigenvalue weighted by Crippen LogP contribution is 2.16. The molecule has 1 fully saturated rings. The van der Waals surface area contributed by atoms with Crippen molar-refractivity contribution in [2.75, 3.05) is 32.8 Å². The molecule has 2 heterocycles. The highest BCUT2D eigenvalue weighted by molar-refractivity contribution is 5.85. The van der Waals surface area contributed by atoms with E-state index in [4.69, 9.17) is 13.9 Å². The van der Waals surface area contributed by atoms with E-state index in [-0.39, 0.29) is 37.6 Å². The largest absolute Gasteiger partial charge is 0.467 e. The third-order valence-corrected chi connectivity index (χ3v) is 5.09. The molecule has 2 aromatic rings. The van der Waals surface area contributed by atoms with Gasteiger partial charge in [0.05, 0.1) is 25.5 Å². The van der Waals surface area contributed by atoms with Crippen LogP contribution in [0.25, 0.3) is 0 Å². The molecule has 166 valence electrons. The summed E-state index contributed by atoms with van der Waals surface area (Å²) in [5, 5.41) is 0. The maximum atomic E-state index is 13.1. The molecule has 1 aromatic heterocycles. The zero-order valence-corrected chi connectivity index (χ0v) is 17.8. The molecule has 7 heteroatoms. The third kappa shape index (κ3) is 7.38. The molecular formula is C24H30N2O5. The number of hydrogen-bond acceptors (Lipinski definition) is 5. The van der Waals surface area contributed by atoms with E-state index in [0.717, 1.165) is 18.4 Å². The molecule has 0 radical (unpaired) electrons. The van der Waals surface area contributed by atoms with Gasteiger partial charge in [-0.1, -0.05) is 36.4 Å². The number of amides is 2. The van der Waals surface area contributed by atoms with E-state index in [1.54, 1.807) is 23.3 Å². The number of ether oxygens (including phenoxy) is 2. The van der Waals surface area contributed by atoms with Gasteiger partial charge in [-0.15, -0.1) is 6.58 Å². The maximum Gasteiger partial charge on any atom is 0.249 e. The Hall–Kier alpha value is -2.90. The summed E-state index contributed by atoms with van der Waals surface area (Å²) in [6.07, 6.45) is 5.12. The van der Waals surface area contributed by atoms with Crippen LogP contribution in [0, 0.1) is 0 Å².